The Kier molecular flexibility index (Phi) is 3.46. The first-order chi connectivity index (χ1) is 11.3. The van der Waals surface area contributed by atoms with E-state index in [1.807, 2.05) is 42.5 Å². The lowest BCUT2D eigenvalue weighted by molar-refractivity contribution is 0.253. The van der Waals surface area contributed by atoms with Crippen LogP contribution in [0.2, 0.25) is 0 Å². The summed E-state index contributed by atoms with van der Waals surface area (Å²) in [6.45, 7) is 1.09. The van der Waals surface area contributed by atoms with Crippen molar-refractivity contribution in [3.05, 3.63) is 42.5 Å². The van der Waals surface area contributed by atoms with Crippen LogP contribution in [0.5, 0.6) is 0 Å². The normalized spacial score (nSPS) is 15.7. The lowest BCUT2D eigenvalue weighted by Crippen LogP contribution is -2.18. The smallest absolute Gasteiger partial charge is 0.185 e. The van der Waals surface area contributed by atoms with Crippen molar-refractivity contribution in [3.8, 4) is 11.4 Å². The molecule has 0 bridgehead atoms. The van der Waals surface area contributed by atoms with Gasteiger partial charge in [-0.1, -0.05) is 30.3 Å². The van der Waals surface area contributed by atoms with Gasteiger partial charge in [0.1, 0.15) is 5.82 Å². The maximum absolute atomic E-state index is 9.15. The Bertz CT molecular complexity index is 810. The van der Waals surface area contributed by atoms with E-state index >= 15 is 0 Å². The minimum absolute atomic E-state index is 0.248. The second-order valence-electron chi connectivity index (χ2n) is 6.21. The van der Waals surface area contributed by atoms with E-state index in [0.29, 0.717) is 0 Å². The minimum atomic E-state index is 0.248. The van der Waals surface area contributed by atoms with Crippen LogP contribution >= 0.6 is 0 Å². The van der Waals surface area contributed by atoms with Gasteiger partial charge in [0.15, 0.2) is 11.5 Å². The topological polar surface area (TPSA) is 75.3 Å². The third-order valence-corrected chi connectivity index (χ3v) is 4.54. The van der Waals surface area contributed by atoms with Crippen molar-refractivity contribution in [2.24, 2.45) is 5.41 Å². The van der Waals surface area contributed by atoms with Crippen LogP contribution < -0.4 is 5.32 Å². The predicted molar refractivity (Wildman–Crippen MR) is 88.1 cm³/mol. The van der Waals surface area contributed by atoms with Gasteiger partial charge in [0.25, 0.3) is 0 Å². The SMILES string of the molecule is OCCC1(CNc2ccc3nnc(-c4ccccc4)n3n2)CC1. The number of nitrogens with zero attached hydrogens (tertiary/aromatic N) is 4. The zero-order valence-corrected chi connectivity index (χ0v) is 12.8. The molecule has 1 aliphatic rings. The molecule has 4 rings (SSSR count). The third kappa shape index (κ3) is 2.77. The van der Waals surface area contributed by atoms with Crippen molar-refractivity contribution >= 4 is 11.5 Å². The van der Waals surface area contributed by atoms with Crippen LogP contribution in [0, 0.1) is 5.41 Å². The molecule has 6 nitrogen and oxygen atoms in total. The van der Waals surface area contributed by atoms with Crippen molar-refractivity contribution in [2.75, 3.05) is 18.5 Å². The number of aliphatic hydroxyl groups is 1. The quantitative estimate of drug-likeness (QED) is 0.731. The fourth-order valence-electron chi connectivity index (χ4n) is 2.86. The standard InChI is InChI=1S/C17H19N5O/c23-11-10-17(8-9-17)12-18-14-6-7-15-19-20-16(22(15)21-14)13-4-2-1-3-5-13/h1-7,23H,8-12H2,(H,18,21). The summed E-state index contributed by atoms with van der Waals surface area (Å²) in [6.07, 6.45) is 3.19. The van der Waals surface area contributed by atoms with Crippen molar-refractivity contribution in [1.29, 1.82) is 0 Å². The number of hydrogen-bond acceptors (Lipinski definition) is 5. The van der Waals surface area contributed by atoms with Gasteiger partial charge in [0.05, 0.1) is 0 Å². The van der Waals surface area contributed by atoms with Gasteiger partial charge in [-0.2, -0.15) is 4.52 Å². The van der Waals surface area contributed by atoms with Crippen molar-refractivity contribution < 1.29 is 5.11 Å². The lowest BCUT2D eigenvalue weighted by atomic mass is 10.0. The first-order valence-electron chi connectivity index (χ1n) is 7.92. The average molecular weight is 309 g/mol. The summed E-state index contributed by atoms with van der Waals surface area (Å²) in [7, 11) is 0. The zero-order valence-electron chi connectivity index (χ0n) is 12.8. The predicted octanol–water partition coefficient (Wildman–Crippen LogP) is 2.37. The van der Waals surface area contributed by atoms with E-state index in [1.165, 1.54) is 12.8 Å². The molecule has 0 unspecified atom stereocenters. The Morgan fingerprint density at radius 1 is 1.09 bits per heavy atom. The fourth-order valence-corrected chi connectivity index (χ4v) is 2.86. The molecule has 1 saturated carbocycles. The van der Waals surface area contributed by atoms with Crippen LogP contribution in [0.3, 0.4) is 0 Å². The first kappa shape index (κ1) is 14.1. The molecule has 1 fully saturated rings. The monoisotopic (exact) mass is 309 g/mol. The molecule has 0 amide bonds. The van der Waals surface area contributed by atoms with Crippen LogP contribution in [-0.2, 0) is 0 Å². The second kappa shape index (κ2) is 5.62. The number of rotatable bonds is 6. The highest BCUT2D eigenvalue weighted by Crippen LogP contribution is 2.48. The van der Waals surface area contributed by atoms with Gasteiger partial charge >= 0.3 is 0 Å². The van der Waals surface area contributed by atoms with E-state index in [-0.39, 0.29) is 12.0 Å². The van der Waals surface area contributed by atoms with Gasteiger partial charge < -0.3 is 10.4 Å². The molecular weight excluding hydrogens is 290 g/mol. The highest BCUT2D eigenvalue weighted by molar-refractivity contribution is 5.59. The molecule has 2 heterocycles. The number of benzene rings is 1. The maximum Gasteiger partial charge on any atom is 0.185 e. The Morgan fingerprint density at radius 2 is 1.91 bits per heavy atom. The maximum atomic E-state index is 9.15. The third-order valence-electron chi connectivity index (χ3n) is 4.54. The molecule has 0 radical (unpaired) electrons. The van der Waals surface area contributed by atoms with E-state index < -0.39 is 0 Å². The average Bonchev–Trinajstić information content (AvgIpc) is 3.23. The Balaban J connectivity index is 1.60. The van der Waals surface area contributed by atoms with Gasteiger partial charge in [-0.25, -0.2) is 0 Å². The van der Waals surface area contributed by atoms with Gasteiger partial charge in [-0.15, -0.1) is 15.3 Å². The van der Waals surface area contributed by atoms with Crippen LogP contribution in [0.4, 0.5) is 5.82 Å². The Morgan fingerprint density at radius 3 is 2.65 bits per heavy atom. The zero-order chi connectivity index (χ0) is 15.7. The van der Waals surface area contributed by atoms with Crippen LogP contribution in [0.1, 0.15) is 19.3 Å². The second-order valence-corrected chi connectivity index (χ2v) is 6.21. The number of hydrogen-bond donors (Lipinski definition) is 2. The molecule has 0 saturated heterocycles. The minimum Gasteiger partial charge on any atom is -0.396 e. The highest BCUT2D eigenvalue weighted by Gasteiger charge is 2.41. The molecule has 0 aliphatic heterocycles. The van der Waals surface area contributed by atoms with Gasteiger partial charge in [0.2, 0.25) is 0 Å². The van der Waals surface area contributed by atoms with E-state index in [2.05, 4.69) is 20.6 Å². The van der Waals surface area contributed by atoms with Gasteiger partial charge in [-0.05, 0) is 36.8 Å². The Hall–Kier alpha value is -2.47. The summed E-state index contributed by atoms with van der Waals surface area (Å²) in [4.78, 5) is 0. The number of aromatic nitrogens is 4. The fraction of sp³-hybridized carbons (Fsp3) is 0.353. The highest BCUT2D eigenvalue weighted by atomic mass is 16.3. The molecule has 3 aromatic rings. The molecule has 1 aromatic carbocycles. The summed E-state index contributed by atoms with van der Waals surface area (Å²) in [6, 6.07) is 13.8. The summed E-state index contributed by atoms with van der Waals surface area (Å²) in [5, 5.41) is 25.6. The van der Waals surface area contributed by atoms with E-state index in [1.54, 1.807) is 4.52 Å². The first-order valence-corrected chi connectivity index (χ1v) is 7.92. The van der Waals surface area contributed by atoms with Gasteiger partial charge in [0, 0.05) is 18.7 Å². The number of anilines is 1. The molecule has 0 spiro atoms. The number of fused-ring (bicyclic) bond motifs is 1. The van der Waals surface area contributed by atoms with E-state index in [0.717, 1.165) is 35.8 Å². The molecular formula is C17H19N5O. The number of nitrogens with one attached hydrogen (secondary N) is 1. The summed E-state index contributed by atoms with van der Waals surface area (Å²) >= 11 is 0. The van der Waals surface area contributed by atoms with Gasteiger partial charge in [-0.3, -0.25) is 0 Å². The van der Waals surface area contributed by atoms with Crippen LogP contribution in [0.15, 0.2) is 42.5 Å². The van der Waals surface area contributed by atoms with E-state index in [9.17, 15) is 0 Å². The summed E-state index contributed by atoms with van der Waals surface area (Å²) in [5.41, 5.74) is 1.97. The molecule has 1 aliphatic carbocycles. The molecule has 2 aromatic heterocycles. The largest absolute Gasteiger partial charge is 0.396 e. The molecule has 118 valence electrons. The molecule has 2 N–H and O–H groups in total. The summed E-state index contributed by atoms with van der Waals surface area (Å²) in [5.74, 6) is 1.54. The van der Waals surface area contributed by atoms with Crippen molar-refractivity contribution in [2.45, 2.75) is 19.3 Å². The number of aliphatic hydroxyl groups excluding tert-OH is 1. The Labute approximate surface area is 134 Å². The van der Waals surface area contributed by atoms with Crippen LogP contribution in [0.25, 0.3) is 17.0 Å². The molecule has 23 heavy (non-hydrogen) atoms. The van der Waals surface area contributed by atoms with Crippen molar-refractivity contribution in [1.82, 2.24) is 19.8 Å². The lowest BCUT2D eigenvalue weighted by Gasteiger charge is -2.14. The van der Waals surface area contributed by atoms with Crippen LogP contribution in [-0.4, -0.2) is 38.1 Å². The molecule has 0 atom stereocenters. The summed E-state index contributed by atoms with van der Waals surface area (Å²) < 4.78 is 1.77. The van der Waals surface area contributed by atoms with E-state index in [4.69, 9.17) is 5.11 Å². The van der Waals surface area contributed by atoms with Crippen molar-refractivity contribution in [3.63, 3.8) is 0 Å². The molecule has 6 heteroatoms.